The number of carbonyl (C=O) groups is 1. The van der Waals surface area contributed by atoms with Gasteiger partial charge < -0.3 is 9.84 Å². The number of phenols is 1. The minimum Gasteiger partial charge on any atom is -0.507 e. The van der Waals surface area contributed by atoms with E-state index in [4.69, 9.17) is 0 Å². The van der Waals surface area contributed by atoms with Crippen molar-refractivity contribution in [2.24, 2.45) is 0 Å². The van der Waals surface area contributed by atoms with Crippen LogP contribution in [0.4, 0.5) is 0 Å². The van der Waals surface area contributed by atoms with Crippen LogP contribution in [0.25, 0.3) is 0 Å². The van der Waals surface area contributed by atoms with Crippen LogP contribution in [-0.2, 0) is 4.74 Å². The molecule has 0 heterocycles. The third-order valence-electron chi connectivity index (χ3n) is 1.71. The molecule has 1 aromatic rings. The Morgan fingerprint density at radius 2 is 2.33 bits per heavy atom. The first-order valence-electron chi connectivity index (χ1n) is 4.15. The molecule has 0 bridgehead atoms. The number of esters is 1. The number of aromatic hydroxyl groups is 1. The van der Waals surface area contributed by atoms with E-state index in [-0.39, 0.29) is 5.75 Å². The topological polar surface area (TPSA) is 46.5 Å². The molecule has 1 rings (SSSR count). The third-order valence-corrected chi connectivity index (χ3v) is 1.99. The lowest BCUT2D eigenvalue weighted by molar-refractivity contribution is 0.0600. The largest absolute Gasteiger partial charge is 0.507 e. The smallest absolute Gasteiger partial charge is 0.337 e. The van der Waals surface area contributed by atoms with Crippen molar-refractivity contribution in [1.29, 1.82) is 0 Å². The van der Waals surface area contributed by atoms with E-state index in [0.717, 1.165) is 0 Å². The summed E-state index contributed by atoms with van der Waals surface area (Å²) in [7, 11) is 1.29. The highest BCUT2D eigenvalue weighted by Crippen LogP contribution is 2.18. The number of rotatable bonds is 1. The van der Waals surface area contributed by atoms with Crippen LogP contribution in [-0.4, -0.2) is 23.5 Å². The summed E-state index contributed by atoms with van der Waals surface area (Å²) in [5, 5.41) is 10.1. The molecule has 3 nitrogen and oxygen atoms in total. The lowest BCUT2D eigenvalue weighted by Crippen LogP contribution is -2.00. The normalized spacial score (nSPS) is 8.93. The molecule has 0 saturated carbocycles. The number of halogens is 1. The van der Waals surface area contributed by atoms with Gasteiger partial charge in [0.2, 0.25) is 0 Å². The number of carbonyl (C=O) groups excluding carboxylic acids is 1. The zero-order chi connectivity index (χ0) is 11.3. The van der Waals surface area contributed by atoms with E-state index in [1.807, 2.05) is 0 Å². The SMILES string of the molecule is COC(=O)c1ccc(C#CCBr)c(O)c1. The van der Waals surface area contributed by atoms with Crippen LogP contribution in [0, 0.1) is 11.8 Å². The lowest BCUT2D eigenvalue weighted by Gasteiger charge is -2.01. The van der Waals surface area contributed by atoms with Crippen molar-refractivity contribution >= 4 is 21.9 Å². The van der Waals surface area contributed by atoms with Gasteiger partial charge in [-0.05, 0) is 18.2 Å². The average molecular weight is 269 g/mol. The monoisotopic (exact) mass is 268 g/mol. The minimum absolute atomic E-state index is 0.0219. The molecular formula is C11H9BrO3. The van der Waals surface area contributed by atoms with Crippen LogP contribution in [0.1, 0.15) is 15.9 Å². The fourth-order valence-electron chi connectivity index (χ4n) is 1.01. The van der Waals surface area contributed by atoms with Crippen molar-refractivity contribution in [3.8, 4) is 17.6 Å². The molecule has 0 aliphatic carbocycles. The first-order chi connectivity index (χ1) is 7.19. The van der Waals surface area contributed by atoms with Gasteiger partial charge in [0, 0.05) is 0 Å². The van der Waals surface area contributed by atoms with Gasteiger partial charge in [0.25, 0.3) is 0 Å². The number of phenolic OH excluding ortho intramolecular Hbond substituents is 1. The Hall–Kier alpha value is -1.47. The van der Waals surface area contributed by atoms with E-state index >= 15 is 0 Å². The zero-order valence-electron chi connectivity index (χ0n) is 8.08. The number of hydrogen-bond donors (Lipinski definition) is 1. The molecule has 0 unspecified atom stereocenters. The van der Waals surface area contributed by atoms with Gasteiger partial charge in [-0.15, -0.1) is 0 Å². The maximum absolute atomic E-state index is 11.1. The van der Waals surface area contributed by atoms with E-state index in [1.54, 1.807) is 12.1 Å². The van der Waals surface area contributed by atoms with E-state index in [1.165, 1.54) is 13.2 Å². The van der Waals surface area contributed by atoms with E-state index in [9.17, 15) is 9.90 Å². The van der Waals surface area contributed by atoms with Gasteiger partial charge in [-0.3, -0.25) is 0 Å². The summed E-state index contributed by atoms with van der Waals surface area (Å²) in [5.74, 6) is 5.00. The minimum atomic E-state index is -0.481. The molecule has 0 radical (unpaired) electrons. The molecule has 0 saturated heterocycles. The van der Waals surface area contributed by atoms with Crippen molar-refractivity contribution in [2.45, 2.75) is 0 Å². The van der Waals surface area contributed by atoms with Gasteiger partial charge >= 0.3 is 5.97 Å². The van der Waals surface area contributed by atoms with Crippen molar-refractivity contribution in [1.82, 2.24) is 0 Å². The van der Waals surface area contributed by atoms with Crippen LogP contribution in [0.5, 0.6) is 5.75 Å². The van der Waals surface area contributed by atoms with Crippen LogP contribution < -0.4 is 0 Å². The van der Waals surface area contributed by atoms with Crippen molar-refractivity contribution in [3.05, 3.63) is 29.3 Å². The van der Waals surface area contributed by atoms with Crippen molar-refractivity contribution in [3.63, 3.8) is 0 Å². The van der Waals surface area contributed by atoms with E-state index in [0.29, 0.717) is 16.5 Å². The van der Waals surface area contributed by atoms with Crippen molar-refractivity contribution < 1.29 is 14.6 Å². The Labute approximate surface area is 96.2 Å². The van der Waals surface area contributed by atoms with Gasteiger partial charge in [0.05, 0.1) is 23.6 Å². The molecule has 78 valence electrons. The Morgan fingerprint density at radius 1 is 1.60 bits per heavy atom. The summed E-state index contributed by atoms with van der Waals surface area (Å²) in [6, 6.07) is 4.48. The molecule has 0 aromatic heterocycles. The lowest BCUT2D eigenvalue weighted by atomic mass is 10.1. The second-order valence-corrected chi connectivity index (χ2v) is 3.22. The molecular weight excluding hydrogens is 260 g/mol. The van der Waals surface area contributed by atoms with Gasteiger partial charge in [-0.1, -0.05) is 27.8 Å². The van der Waals surface area contributed by atoms with Crippen molar-refractivity contribution in [2.75, 3.05) is 12.4 Å². The van der Waals surface area contributed by atoms with Gasteiger partial charge in [-0.2, -0.15) is 0 Å². The van der Waals surface area contributed by atoms with Crippen LogP contribution in [0.3, 0.4) is 0 Å². The highest BCUT2D eigenvalue weighted by molar-refractivity contribution is 9.09. The predicted octanol–water partition coefficient (Wildman–Crippen LogP) is 1.93. The summed E-state index contributed by atoms with van der Waals surface area (Å²) in [5.41, 5.74) is 0.793. The second kappa shape index (κ2) is 5.42. The summed E-state index contributed by atoms with van der Waals surface area (Å²) >= 11 is 3.15. The van der Waals surface area contributed by atoms with Gasteiger partial charge in [0.1, 0.15) is 5.75 Å². The molecule has 1 aromatic carbocycles. The molecule has 0 spiro atoms. The Morgan fingerprint density at radius 3 is 2.87 bits per heavy atom. The maximum Gasteiger partial charge on any atom is 0.337 e. The Balaban J connectivity index is 3.03. The standard InChI is InChI=1S/C11H9BrO3/c1-15-11(14)9-5-4-8(3-2-6-12)10(13)7-9/h4-5,7,13H,6H2,1H3. The third kappa shape index (κ3) is 3.00. The van der Waals surface area contributed by atoms with Gasteiger partial charge in [0.15, 0.2) is 0 Å². The summed E-state index contributed by atoms with van der Waals surface area (Å²) in [4.78, 5) is 11.1. The van der Waals surface area contributed by atoms with Crippen LogP contribution >= 0.6 is 15.9 Å². The molecule has 0 atom stereocenters. The second-order valence-electron chi connectivity index (χ2n) is 2.66. The zero-order valence-corrected chi connectivity index (χ0v) is 9.67. The highest BCUT2D eigenvalue weighted by atomic mass is 79.9. The summed E-state index contributed by atoms with van der Waals surface area (Å²) in [6.45, 7) is 0. The summed E-state index contributed by atoms with van der Waals surface area (Å²) in [6.07, 6.45) is 0. The number of ether oxygens (including phenoxy) is 1. The molecule has 1 N–H and O–H groups in total. The maximum atomic E-state index is 11.1. The van der Waals surface area contributed by atoms with E-state index in [2.05, 4.69) is 32.5 Å². The van der Waals surface area contributed by atoms with E-state index < -0.39 is 5.97 Å². The number of alkyl halides is 1. The molecule has 0 fully saturated rings. The molecule has 0 aliphatic heterocycles. The highest BCUT2D eigenvalue weighted by Gasteiger charge is 2.07. The van der Waals surface area contributed by atoms with Crippen LogP contribution in [0.15, 0.2) is 18.2 Å². The molecule has 4 heteroatoms. The first kappa shape index (κ1) is 11.6. The molecule has 0 aliphatic rings. The predicted molar refractivity (Wildman–Crippen MR) is 60.1 cm³/mol. The molecule has 0 amide bonds. The number of methoxy groups -OCH3 is 1. The fraction of sp³-hybridized carbons (Fsp3) is 0.182. The first-order valence-corrected chi connectivity index (χ1v) is 5.27. The average Bonchev–Trinajstić information content (AvgIpc) is 2.26. The Kier molecular flexibility index (Phi) is 4.19. The molecule has 15 heavy (non-hydrogen) atoms. The number of benzene rings is 1. The fourth-order valence-corrected chi connectivity index (χ4v) is 1.15. The van der Waals surface area contributed by atoms with Gasteiger partial charge in [-0.25, -0.2) is 4.79 Å². The Bertz CT molecular complexity index is 429. The quantitative estimate of drug-likeness (QED) is 0.481. The number of hydrogen-bond acceptors (Lipinski definition) is 3. The van der Waals surface area contributed by atoms with Crippen LogP contribution in [0.2, 0.25) is 0 Å². The summed E-state index contributed by atoms with van der Waals surface area (Å²) < 4.78 is 4.52.